The topological polar surface area (TPSA) is 48.0 Å². The molecule has 2 heterocycles. The van der Waals surface area contributed by atoms with Crippen LogP contribution in [-0.4, -0.2) is 21.2 Å². The van der Waals surface area contributed by atoms with Crippen molar-refractivity contribution in [3.8, 4) is 0 Å². The number of Topliss-reactive ketones (excluding diaryl/α,β-unsaturated/α-hetero) is 1. The Balaban J connectivity index is 2.45. The largest absolute Gasteiger partial charge is 0.444 e. The lowest BCUT2D eigenvalue weighted by Gasteiger charge is -2.15. The Bertz CT molecular complexity index is 613. The van der Waals surface area contributed by atoms with Crippen molar-refractivity contribution in [1.82, 2.24) is 9.55 Å². The second-order valence-electron chi connectivity index (χ2n) is 4.70. The molecule has 0 bridgehead atoms. The quantitative estimate of drug-likeness (QED) is 0.637. The number of halogens is 1. The van der Waals surface area contributed by atoms with Gasteiger partial charge >= 0.3 is 0 Å². The van der Waals surface area contributed by atoms with Crippen molar-refractivity contribution in [2.75, 3.05) is 5.88 Å². The summed E-state index contributed by atoms with van der Waals surface area (Å²) in [6, 6.07) is 1.82. The van der Waals surface area contributed by atoms with Gasteiger partial charge in [0.05, 0.1) is 12.1 Å². The van der Waals surface area contributed by atoms with E-state index in [-0.39, 0.29) is 17.7 Å². The molecular weight excluding hydrogens is 264 g/mol. The average molecular weight is 281 g/mol. The molecule has 2 rings (SSSR count). The Morgan fingerprint density at radius 2 is 2.16 bits per heavy atom. The van der Waals surface area contributed by atoms with E-state index in [2.05, 4.69) is 4.98 Å². The lowest BCUT2D eigenvalue weighted by atomic mass is 10.2. The number of alkyl halides is 1. The number of carbonyl (C=O) groups is 1. The van der Waals surface area contributed by atoms with E-state index >= 15 is 0 Å². The van der Waals surface area contributed by atoms with E-state index in [1.54, 1.807) is 6.20 Å². The van der Waals surface area contributed by atoms with Gasteiger partial charge in [-0.05, 0) is 33.8 Å². The van der Waals surface area contributed by atoms with Crippen LogP contribution >= 0.6 is 11.6 Å². The van der Waals surface area contributed by atoms with Gasteiger partial charge in [-0.3, -0.25) is 4.79 Å². The van der Waals surface area contributed by atoms with Crippen LogP contribution in [0.4, 0.5) is 0 Å². The normalized spacial score (nSPS) is 12.7. The summed E-state index contributed by atoms with van der Waals surface area (Å²) in [7, 11) is 0. The zero-order chi connectivity index (χ0) is 14.2. The minimum atomic E-state index is -0.0585. The molecule has 0 aliphatic heterocycles. The maximum atomic E-state index is 11.8. The SMILES string of the molecule is Cc1cnc(C(C)n2c(C)cc(C(=O)CCl)c2C)o1. The van der Waals surface area contributed by atoms with E-state index in [0.29, 0.717) is 11.5 Å². The van der Waals surface area contributed by atoms with Gasteiger partial charge < -0.3 is 8.98 Å². The van der Waals surface area contributed by atoms with Gasteiger partial charge in [0.2, 0.25) is 5.89 Å². The highest BCUT2D eigenvalue weighted by Gasteiger charge is 2.21. The van der Waals surface area contributed by atoms with Crippen LogP contribution in [0.3, 0.4) is 0 Å². The molecule has 0 fully saturated rings. The number of hydrogen-bond donors (Lipinski definition) is 0. The lowest BCUT2D eigenvalue weighted by Crippen LogP contribution is -2.11. The fraction of sp³-hybridized carbons (Fsp3) is 0.429. The zero-order valence-electron chi connectivity index (χ0n) is 11.5. The fourth-order valence-corrected chi connectivity index (χ4v) is 2.55. The third kappa shape index (κ3) is 2.45. The predicted octanol–water partition coefficient (Wildman–Crippen LogP) is 3.43. The minimum Gasteiger partial charge on any atom is -0.444 e. The molecule has 0 aliphatic carbocycles. The highest BCUT2D eigenvalue weighted by atomic mass is 35.5. The number of oxazole rings is 1. The first-order valence-corrected chi connectivity index (χ1v) is 6.69. The summed E-state index contributed by atoms with van der Waals surface area (Å²) in [5.74, 6) is 1.36. The van der Waals surface area contributed by atoms with Crippen molar-refractivity contribution >= 4 is 17.4 Å². The first-order chi connectivity index (χ1) is 8.95. The Labute approximate surface area is 117 Å². The standard InChI is InChI=1S/C14H17ClN2O2/c1-8-5-12(13(18)6-15)10(3)17(8)11(4)14-16-7-9(2)19-14/h5,7,11H,6H2,1-4H3. The third-order valence-corrected chi connectivity index (χ3v) is 3.53. The Hall–Kier alpha value is -1.55. The summed E-state index contributed by atoms with van der Waals surface area (Å²) < 4.78 is 7.61. The number of rotatable bonds is 4. The second-order valence-corrected chi connectivity index (χ2v) is 4.96. The molecule has 5 heteroatoms. The smallest absolute Gasteiger partial charge is 0.217 e. The Morgan fingerprint density at radius 3 is 2.68 bits per heavy atom. The summed E-state index contributed by atoms with van der Waals surface area (Å²) in [6.07, 6.45) is 1.70. The van der Waals surface area contributed by atoms with Crippen molar-refractivity contribution in [2.45, 2.75) is 33.7 Å². The van der Waals surface area contributed by atoms with Crippen molar-refractivity contribution in [3.63, 3.8) is 0 Å². The zero-order valence-corrected chi connectivity index (χ0v) is 12.3. The molecule has 19 heavy (non-hydrogen) atoms. The van der Waals surface area contributed by atoms with Gasteiger partial charge in [-0.25, -0.2) is 4.98 Å². The van der Waals surface area contributed by atoms with Crippen LogP contribution in [0.1, 0.15) is 46.4 Å². The first-order valence-electron chi connectivity index (χ1n) is 6.15. The van der Waals surface area contributed by atoms with Crippen molar-refractivity contribution < 1.29 is 9.21 Å². The van der Waals surface area contributed by atoms with Gasteiger partial charge in [0.25, 0.3) is 0 Å². The summed E-state index contributed by atoms with van der Waals surface area (Å²) in [5, 5.41) is 0. The number of aromatic nitrogens is 2. The van der Waals surface area contributed by atoms with Crippen LogP contribution in [0.15, 0.2) is 16.7 Å². The molecule has 1 unspecified atom stereocenters. The molecule has 4 nitrogen and oxygen atoms in total. The maximum Gasteiger partial charge on any atom is 0.217 e. The monoisotopic (exact) mass is 280 g/mol. The van der Waals surface area contributed by atoms with Crippen LogP contribution in [-0.2, 0) is 0 Å². The van der Waals surface area contributed by atoms with Crippen LogP contribution in [0.5, 0.6) is 0 Å². The average Bonchev–Trinajstić information content (AvgIpc) is 2.92. The van der Waals surface area contributed by atoms with Crippen molar-refractivity contribution in [2.24, 2.45) is 0 Å². The first kappa shape index (κ1) is 13.9. The molecule has 0 amide bonds. The number of carbonyl (C=O) groups excluding carboxylic acids is 1. The maximum absolute atomic E-state index is 11.8. The summed E-state index contributed by atoms with van der Waals surface area (Å²) >= 11 is 5.63. The molecule has 0 saturated heterocycles. The predicted molar refractivity (Wildman–Crippen MR) is 74.0 cm³/mol. The van der Waals surface area contributed by atoms with Crippen molar-refractivity contribution in [1.29, 1.82) is 0 Å². The van der Waals surface area contributed by atoms with E-state index in [1.165, 1.54) is 0 Å². The molecule has 2 aromatic rings. The molecule has 102 valence electrons. The number of nitrogens with zero attached hydrogens (tertiary/aromatic N) is 2. The number of hydrogen-bond acceptors (Lipinski definition) is 3. The summed E-state index contributed by atoms with van der Waals surface area (Å²) in [6.45, 7) is 7.74. The number of ketones is 1. The Morgan fingerprint density at radius 1 is 1.47 bits per heavy atom. The third-order valence-electron chi connectivity index (χ3n) is 3.29. The molecule has 0 radical (unpaired) electrons. The van der Waals surface area contributed by atoms with Crippen LogP contribution in [0, 0.1) is 20.8 Å². The van der Waals surface area contributed by atoms with Gasteiger partial charge in [0.1, 0.15) is 11.8 Å². The van der Waals surface area contributed by atoms with E-state index in [9.17, 15) is 4.79 Å². The van der Waals surface area contributed by atoms with Gasteiger partial charge in [-0.2, -0.15) is 0 Å². The van der Waals surface area contributed by atoms with E-state index in [4.69, 9.17) is 16.0 Å². The Kier molecular flexibility index (Phi) is 3.80. The van der Waals surface area contributed by atoms with E-state index in [1.807, 2.05) is 38.3 Å². The van der Waals surface area contributed by atoms with Crippen LogP contribution < -0.4 is 0 Å². The van der Waals surface area contributed by atoms with Crippen molar-refractivity contribution in [3.05, 3.63) is 40.9 Å². The molecule has 2 aromatic heterocycles. The van der Waals surface area contributed by atoms with Crippen LogP contribution in [0.25, 0.3) is 0 Å². The molecule has 0 N–H and O–H groups in total. The molecular formula is C14H17ClN2O2. The molecule has 1 atom stereocenters. The van der Waals surface area contributed by atoms with E-state index in [0.717, 1.165) is 17.1 Å². The molecule has 0 saturated carbocycles. The highest BCUT2D eigenvalue weighted by Crippen LogP contribution is 2.25. The van der Waals surface area contributed by atoms with E-state index < -0.39 is 0 Å². The molecule has 0 spiro atoms. The highest BCUT2D eigenvalue weighted by molar-refractivity contribution is 6.30. The molecule has 0 aliphatic rings. The van der Waals surface area contributed by atoms with Gasteiger partial charge in [0.15, 0.2) is 5.78 Å². The fourth-order valence-electron chi connectivity index (χ4n) is 2.40. The van der Waals surface area contributed by atoms with Crippen LogP contribution in [0.2, 0.25) is 0 Å². The summed E-state index contributed by atoms with van der Waals surface area (Å²) in [5.41, 5.74) is 2.56. The van der Waals surface area contributed by atoms with Gasteiger partial charge in [0, 0.05) is 17.0 Å². The second kappa shape index (κ2) is 5.21. The molecule has 0 aromatic carbocycles. The summed E-state index contributed by atoms with van der Waals surface area (Å²) in [4.78, 5) is 16.0. The van der Waals surface area contributed by atoms with Gasteiger partial charge in [-0.1, -0.05) is 0 Å². The minimum absolute atomic E-state index is 0.00319. The number of aryl methyl sites for hydroxylation is 2. The lowest BCUT2D eigenvalue weighted by molar-refractivity contribution is 0.102. The van der Waals surface area contributed by atoms with Gasteiger partial charge in [-0.15, -0.1) is 11.6 Å².